The monoisotopic (exact) mass is 450 g/mol. The number of amides is 2. The predicted octanol–water partition coefficient (Wildman–Crippen LogP) is 5.10. The molecule has 0 aliphatic carbocycles. The number of ether oxygens (including phenoxy) is 1. The van der Waals surface area contributed by atoms with Crippen molar-refractivity contribution in [3.05, 3.63) is 64.1 Å². The third kappa shape index (κ3) is 7.22. The van der Waals surface area contributed by atoms with E-state index in [-0.39, 0.29) is 25.0 Å². The van der Waals surface area contributed by atoms with Crippen molar-refractivity contribution in [2.45, 2.75) is 45.7 Å². The van der Waals surface area contributed by atoms with Crippen molar-refractivity contribution in [2.75, 3.05) is 13.2 Å². The first-order valence-corrected chi connectivity index (χ1v) is 10.9. The Kier molecular flexibility index (Phi) is 9.98. The first-order chi connectivity index (χ1) is 14.5. The minimum Gasteiger partial charge on any atom is -0.484 e. The molecule has 30 heavy (non-hydrogen) atoms. The lowest BCUT2D eigenvalue weighted by atomic mass is 10.1. The van der Waals surface area contributed by atoms with E-state index in [4.69, 9.17) is 27.9 Å². The second-order valence-corrected chi connectivity index (χ2v) is 7.77. The van der Waals surface area contributed by atoms with E-state index in [0.29, 0.717) is 34.3 Å². The summed E-state index contributed by atoms with van der Waals surface area (Å²) >= 11 is 12.3. The van der Waals surface area contributed by atoms with Crippen LogP contribution in [-0.2, 0) is 16.1 Å². The number of unbranched alkanes of at least 4 members (excludes halogenated alkanes) is 1. The highest BCUT2D eigenvalue weighted by Crippen LogP contribution is 2.24. The Morgan fingerprint density at radius 3 is 2.47 bits per heavy atom. The summed E-state index contributed by atoms with van der Waals surface area (Å²) in [5, 5.41) is 3.89. The van der Waals surface area contributed by atoms with Crippen LogP contribution in [0.15, 0.2) is 48.5 Å². The smallest absolute Gasteiger partial charge is 0.261 e. The van der Waals surface area contributed by atoms with E-state index in [2.05, 4.69) is 12.2 Å². The van der Waals surface area contributed by atoms with Gasteiger partial charge >= 0.3 is 0 Å². The Morgan fingerprint density at radius 2 is 1.83 bits per heavy atom. The summed E-state index contributed by atoms with van der Waals surface area (Å²) in [6.45, 7) is 4.53. The van der Waals surface area contributed by atoms with Crippen LogP contribution in [0.3, 0.4) is 0 Å². The van der Waals surface area contributed by atoms with Crippen molar-refractivity contribution in [3.63, 3.8) is 0 Å². The lowest BCUT2D eigenvalue weighted by Crippen LogP contribution is -2.50. The van der Waals surface area contributed by atoms with Crippen LogP contribution in [0.25, 0.3) is 0 Å². The number of benzene rings is 2. The predicted molar refractivity (Wildman–Crippen MR) is 121 cm³/mol. The molecule has 2 amide bonds. The van der Waals surface area contributed by atoms with Crippen LogP contribution in [0.1, 0.15) is 38.7 Å². The molecule has 0 unspecified atom stereocenters. The van der Waals surface area contributed by atoms with Crippen molar-refractivity contribution in [2.24, 2.45) is 0 Å². The quantitative estimate of drug-likeness (QED) is 0.484. The summed E-state index contributed by atoms with van der Waals surface area (Å²) in [7, 11) is 0. The molecular weight excluding hydrogens is 423 g/mol. The zero-order valence-electron chi connectivity index (χ0n) is 17.4. The highest BCUT2D eigenvalue weighted by Gasteiger charge is 2.29. The summed E-state index contributed by atoms with van der Waals surface area (Å²) in [6.07, 6.45) is 2.33. The molecule has 0 saturated heterocycles. The highest BCUT2D eigenvalue weighted by atomic mass is 35.5. The maximum Gasteiger partial charge on any atom is 0.261 e. The van der Waals surface area contributed by atoms with Gasteiger partial charge in [-0.3, -0.25) is 9.59 Å². The minimum absolute atomic E-state index is 0.173. The van der Waals surface area contributed by atoms with Gasteiger partial charge in [0.05, 0.1) is 0 Å². The second kappa shape index (κ2) is 12.5. The molecule has 0 heterocycles. The van der Waals surface area contributed by atoms with Crippen LogP contribution in [-0.4, -0.2) is 35.9 Å². The molecular formula is C23H28Cl2N2O3. The van der Waals surface area contributed by atoms with Crippen LogP contribution in [0.5, 0.6) is 5.75 Å². The van der Waals surface area contributed by atoms with E-state index < -0.39 is 6.04 Å². The number of nitrogens with one attached hydrogen (secondary N) is 1. The van der Waals surface area contributed by atoms with Crippen molar-refractivity contribution < 1.29 is 14.3 Å². The molecule has 162 valence electrons. The molecule has 2 rings (SSSR count). The number of halogens is 2. The standard InChI is InChI=1S/C23H28Cl2N2O3/c1-3-5-13-26-23(29)21(4-2)27(15-17-11-12-18(24)14-20(17)25)22(28)16-30-19-9-7-6-8-10-19/h6-12,14,21H,3-5,13,15-16H2,1-2H3,(H,26,29)/t21-/m0/s1. The van der Waals surface area contributed by atoms with Crippen LogP contribution in [0, 0.1) is 0 Å². The largest absolute Gasteiger partial charge is 0.484 e. The number of carbonyl (C=O) groups is 2. The summed E-state index contributed by atoms with van der Waals surface area (Å²) in [5.74, 6) is 0.127. The molecule has 0 radical (unpaired) electrons. The molecule has 0 aromatic heterocycles. The summed E-state index contributed by atoms with van der Waals surface area (Å²) in [6, 6.07) is 13.6. The van der Waals surface area contributed by atoms with Crippen LogP contribution < -0.4 is 10.1 Å². The van der Waals surface area contributed by atoms with E-state index in [1.54, 1.807) is 30.3 Å². The summed E-state index contributed by atoms with van der Waals surface area (Å²) < 4.78 is 5.63. The van der Waals surface area contributed by atoms with Crippen molar-refractivity contribution in [1.82, 2.24) is 10.2 Å². The third-order valence-corrected chi connectivity index (χ3v) is 5.26. The third-order valence-electron chi connectivity index (χ3n) is 4.68. The van der Waals surface area contributed by atoms with Gasteiger partial charge in [-0.15, -0.1) is 0 Å². The lowest BCUT2D eigenvalue weighted by Gasteiger charge is -2.31. The van der Waals surface area contributed by atoms with Gasteiger partial charge in [-0.05, 0) is 42.7 Å². The SMILES string of the molecule is CCCCNC(=O)[C@H](CC)N(Cc1ccc(Cl)cc1Cl)C(=O)COc1ccccc1. The van der Waals surface area contributed by atoms with Crippen LogP contribution >= 0.6 is 23.2 Å². The molecule has 0 bridgehead atoms. The molecule has 5 nitrogen and oxygen atoms in total. The number of carbonyl (C=O) groups excluding carboxylic acids is 2. The zero-order chi connectivity index (χ0) is 21.9. The van der Waals surface area contributed by atoms with Gasteiger partial charge in [-0.2, -0.15) is 0 Å². The Labute approximate surface area is 188 Å². The fourth-order valence-electron chi connectivity index (χ4n) is 3.00. The molecule has 2 aromatic rings. The molecule has 0 saturated carbocycles. The number of hydrogen-bond donors (Lipinski definition) is 1. The zero-order valence-corrected chi connectivity index (χ0v) is 18.9. The Morgan fingerprint density at radius 1 is 1.10 bits per heavy atom. The van der Waals surface area contributed by atoms with Gasteiger partial charge in [0.1, 0.15) is 11.8 Å². The van der Waals surface area contributed by atoms with Crippen LogP contribution in [0.4, 0.5) is 0 Å². The molecule has 0 aliphatic heterocycles. The van der Waals surface area contributed by atoms with Crippen molar-refractivity contribution in [3.8, 4) is 5.75 Å². The Balaban J connectivity index is 2.20. The summed E-state index contributed by atoms with van der Waals surface area (Å²) in [4.78, 5) is 27.4. The minimum atomic E-state index is -0.625. The van der Waals surface area contributed by atoms with Gasteiger partial charge in [-0.1, -0.05) is 67.7 Å². The van der Waals surface area contributed by atoms with Gasteiger partial charge in [-0.25, -0.2) is 0 Å². The van der Waals surface area contributed by atoms with E-state index in [9.17, 15) is 9.59 Å². The van der Waals surface area contributed by atoms with Gasteiger partial charge in [0.15, 0.2) is 6.61 Å². The number of para-hydroxylation sites is 1. The number of hydrogen-bond acceptors (Lipinski definition) is 3. The number of rotatable bonds is 11. The average Bonchev–Trinajstić information content (AvgIpc) is 2.74. The molecule has 0 spiro atoms. The first-order valence-electron chi connectivity index (χ1n) is 10.1. The van der Waals surface area contributed by atoms with Gasteiger partial charge in [0.2, 0.25) is 5.91 Å². The molecule has 1 atom stereocenters. The maximum atomic E-state index is 13.1. The fraction of sp³-hybridized carbons (Fsp3) is 0.391. The normalized spacial score (nSPS) is 11.6. The maximum absolute atomic E-state index is 13.1. The average molecular weight is 451 g/mol. The summed E-state index contributed by atoms with van der Waals surface area (Å²) in [5.41, 5.74) is 0.717. The first kappa shape index (κ1) is 24.0. The number of nitrogens with zero attached hydrogens (tertiary/aromatic N) is 1. The lowest BCUT2D eigenvalue weighted by molar-refractivity contribution is -0.143. The van der Waals surface area contributed by atoms with Gasteiger partial charge in [0.25, 0.3) is 5.91 Å². The van der Waals surface area contributed by atoms with Crippen molar-refractivity contribution >= 4 is 35.0 Å². The molecule has 7 heteroatoms. The van der Waals surface area contributed by atoms with Crippen LogP contribution in [0.2, 0.25) is 10.0 Å². The molecule has 0 aliphatic rings. The van der Waals surface area contributed by atoms with E-state index >= 15 is 0 Å². The van der Waals surface area contributed by atoms with E-state index in [0.717, 1.165) is 12.8 Å². The molecule has 1 N–H and O–H groups in total. The van der Waals surface area contributed by atoms with E-state index in [1.165, 1.54) is 4.90 Å². The van der Waals surface area contributed by atoms with Crippen molar-refractivity contribution in [1.29, 1.82) is 0 Å². The van der Waals surface area contributed by atoms with Gasteiger partial charge < -0.3 is 15.0 Å². The fourth-order valence-corrected chi connectivity index (χ4v) is 3.47. The molecule has 2 aromatic carbocycles. The topological polar surface area (TPSA) is 58.6 Å². The molecule has 0 fully saturated rings. The second-order valence-electron chi connectivity index (χ2n) is 6.93. The van der Waals surface area contributed by atoms with E-state index in [1.807, 2.05) is 25.1 Å². The Bertz CT molecular complexity index is 830. The van der Waals surface area contributed by atoms with Gasteiger partial charge in [0, 0.05) is 23.1 Å². The highest BCUT2D eigenvalue weighted by molar-refractivity contribution is 6.35. The Hall–Kier alpha value is -2.24.